The van der Waals surface area contributed by atoms with Crippen LogP contribution in [-0.2, 0) is 9.16 Å². The molecule has 4 nitrogen and oxygen atoms in total. The smallest absolute Gasteiger partial charge is 0.407 e. The van der Waals surface area contributed by atoms with Crippen molar-refractivity contribution in [3.05, 3.63) is 0 Å². The molecule has 0 aromatic carbocycles. The number of carbonyl (C=O) groups excluding carboxylic acids is 1. The molecule has 0 unspecified atom stereocenters. The topological polar surface area (TPSA) is 47.6 Å². The van der Waals surface area contributed by atoms with Gasteiger partial charge in [0.2, 0.25) is 0 Å². The summed E-state index contributed by atoms with van der Waals surface area (Å²) in [6, 6.07) is -0.000353. The Morgan fingerprint density at radius 3 is 2.09 bits per heavy atom. The Hall–Kier alpha value is -0.0731. The van der Waals surface area contributed by atoms with Crippen LogP contribution in [0, 0.1) is 0 Å². The van der Waals surface area contributed by atoms with Crippen molar-refractivity contribution in [1.82, 2.24) is 5.32 Å². The van der Waals surface area contributed by atoms with E-state index >= 15 is 0 Å². The predicted octanol–water partition coefficient (Wildman–Crippen LogP) is 5.47. The van der Waals surface area contributed by atoms with Crippen molar-refractivity contribution in [3.63, 3.8) is 0 Å². The standard InChI is InChI=1S/C17H36BrNO3Si/c1-10-11-14(19-15(20)22-16(2,3)4)13(18)12-21-23(8,9)17(5,6)7/h13-14H,10-12H2,1-9H3,(H,19,20)/t13-,14+/m1/s1. The van der Waals surface area contributed by atoms with Crippen molar-refractivity contribution < 1.29 is 14.0 Å². The van der Waals surface area contributed by atoms with Gasteiger partial charge in [-0.25, -0.2) is 4.79 Å². The molecular formula is C17H36BrNO3Si. The summed E-state index contributed by atoms with van der Waals surface area (Å²) < 4.78 is 11.6. The third-order valence-electron chi connectivity index (χ3n) is 4.15. The van der Waals surface area contributed by atoms with E-state index in [9.17, 15) is 4.79 Å². The Bertz CT molecular complexity index is 375. The lowest BCUT2D eigenvalue weighted by atomic mass is 10.1. The maximum Gasteiger partial charge on any atom is 0.407 e. The summed E-state index contributed by atoms with van der Waals surface area (Å²) in [5.41, 5.74) is -0.486. The second-order valence-electron chi connectivity index (χ2n) is 8.63. The zero-order valence-electron chi connectivity index (χ0n) is 16.4. The molecule has 0 aliphatic rings. The Morgan fingerprint density at radius 2 is 1.70 bits per heavy atom. The first-order valence-electron chi connectivity index (χ1n) is 8.47. The highest BCUT2D eigenvalue weighted by atomic mass is 79.9. The summed E-state index contributed by atoms with van der Waals surface area (Å²) >= 11 is 3.70. The third kappa shape index (κ3) is 9.10. The van der Waals surface area contributed by atoms with Crippen LogP contribution in [0.15, 0.2) is 0 Å². The molecule has 0 saturated carbocycles. The number of alkyl halides is 1. The lowest BCUT2D eigenvalue weighted by Gasteiger charge is -2.37. The zero-order valence-corrected chi connectivity index (χ0v) is 19.0. The molecule has 2 atom stereocenters. The lowest BCUT2D eigenvalue weighted by molar-refractivity contribution is 0.0497. The molecule has 0 heterocycles. The summed E-state index contributed by atoms with van der Waals surface area (Å²) in [4.78, 5) is 12.1. The monoisotopic (exact) mass is 409 g/mol. The normalized spacial score (nSPS) is 15.9. The Morgan fingerprint density at radius 1 is 1.17 bits per heavy atom. The molecule has 0 spiro atoms. The van der Waals surface area contributed by atoms with Gasteiger partial charge in [0.05, 0.1) is 4.83 Å². The van der Waals surface area contributed by atoms with E-state index < -0.39 is 13.9 Å². The van der Waals surface area contributed by atoms with E-state index in [1.54, 1.807) is 0 Å². The van der Waals surface area contributed by atoms with Gasteiger partial charge in [0.15, 0.2) is 8.32 Å². The van der Waals surface area contributed by atoms with Gasteiger partial charge in [0, 0.05) is 12.6 Å². The van der Waals surface area contributed by atoms with Crippen LogP contribution in [0.3, 0.4) is 0 Å². The molecule has 0 aliphatic heterocycles. The molecule has 23 heavy (non-hydrogen) atoms. The van der Waals surface area contributed by atoms with Crippen molar-refractivity contribution in [2.75, 3.05) is 6.61 Å². The molecule has 0 saturated heterocycles. The van der Waals surface area contributed by atoms with Gasteiger partial charge in [0.25, 0.3) is 0 Å². The van der Waals surface area contributed by atoms with Crippen molar-refractivity contribution in [3.8, 4) is 0 Å². The average molecular weight is 410 g/mol. The van der Waals surface area contributed by atoms with Crippen molar-refractivity contribution in [1.29, 1.82) is 0 Å². The number of halogens is 1. The van der Waals surface area contributed by atoms with Crippen molar-refractivity contribution in [2.24, 2.45) is 0 Å². The van der Waals surface area contributed by atoms with E-state index in [0.29, 0.717) is 6.61 Å². The predicted molar refractivity (Wildman–Crippen MR) is 104 cm³/mol. The SMILES string of the molecule is CCC[C@H](NC(=O)OC(C)(C)C)[C@H](Br)CO[Si](C)(C)C(C)(C)C. The van der Waals surface area contributed by atoms with Gasteiger partial charge in [0.1, 0.15) is 5.60 Å². The molecular weight excluding hydrogens is 374 g/mol. The van der Waals surface area contributed by atoms with Crippen molar-refractivity contribution >= 4 is 30.3 Å². The molecule has 1 N–H and O–H groups in total. The molecule has 0 aliphatic carbocycles. The van der Waals surface area contributed by atoms with Crippen LogP contribution in [0.5, 0.6) is 0 Å². The number of hydrogen-bond donors (Lipinski definition) is 1. The molecule has 0 fully saturated rings. The largest absolute Gasteiger partial charge is 0.444 e. The summed E-state index contributed by atoms with van der Waals surface area (Å²) in [6.07, 6.45) is 1.51. The van der Waals surface area contributed by atoms with Crippen molar-refractivity contribution in [2.45, 2.75) is 95.9 Å². The molecule has 1 amide bonds. The van der Waals surface area contributed by atoms with E-state index in [2.05, 4.69) is 62.0 Å². The van der Waals surface area contributed by atoms with E-state index in [-0.39, 0.29) is 22.0 Å². The molecule has 0 rings (SSSR count). The van der Waals surface area contributed by atoms with E-state index in [0.717, 1.165) is 12.8 Å². The molecule has 0 radical (unpaired) electrons. The van der Waals surface area contributed by atoms with Gasteiger partial charge in [-0.1, -0.05) is 50.0 Å². The summed E-state index contributed by atoms with van der Waals surface area (Å²) in [6.45, 7) is 19.5. The number of rotatable bonds is 7. The van der Waals surface area contributed by atoms with Crippen LogP contribution >= 0.6 is 15.9 Å². The lowest BCUT2D eigenvalue weighted by Crippen LogP contribution is -2.48. The summed E-state index contributed by atoms with van der Waals surface area (Å²) in [5, 5.41) is 3.16. The second-order valence-corrected chi connectivity index (χ2v) is 14.6. The fourth-order valence-electron chi connectivity index (χ4n) is 1.73. The van der Waals surface area contributed by atoms with Gasteiger partial charge in [-0.15, -0.1) is 0 Å². The van der Waals surface area contributed by atoms with E-state index in [1.165, 1.54) is 0 Å². The van der Waals surface area contributed by atoms with Gasteiger partial charge in [-0.3, -0.25) is 0 Å². The van der Waals surface area contributed by atoms with Gasteiger partial charge in [-0.2, -0.15) is 0 Å². The number of carbonyl (C=O) groups is 1. The first-order chi connectivity index (χ1) is 10.2. The van der Waals surface area contributed by atoms with Crippen LogP contribution < -0.4 is 5.32 Å². The van der Waals surface area contributed by atoms with Crippen LogP contribution in [-0.4, -0.2) is 37.5 Å². The van der Waals surface area contributed by atoms with Gasteiger partial charge in [-0.05, 0) is 45.3 Å². The Balaban J connectivity index is 4.68. The number of hydrogen-bond acceptors (Lipinski definition) is 3. The third-order valence-corrected chi connectivity index (χ3v) is 9.55. The minimum atomic E-state index is -1.79. The maximum absolute atomic E-state index is 12.0. The van der Waals surface area contributed by atoms with E-state index in [4.69, 9.17) is 9.16 Å². The number of ether oxygens (including phenoxy) is 1. The number of nitrogens with one attached hydrogen (secondary N) is 1. The Labute approximate surface area is 152 Å². The molecule has 0 aromatic heterocycles. The molecule has 138 valence electrons. The highest BCUT2D eigenvalue weighted by Crippen LogP contribution is 2.37. The summed E-state index contributed by atoms with van der Waals surface area (Å²) in [7, 11) is -1.79. The second kappa shape index (κ2) is 8.86. The minimum Gasteiger partial charge on any atom is -0.444 e. The van der Waals surface area contributed by atoms with Crippen LogP contribution in [0.4, 0.5) is 4.79 Å². The molecule has 0 bridgehead atoms. The van der Waals surface area contributed by atoms with Gasteiger partial charge >= 0.3 is 6.09 Å². The van der Waals surface area contributed by atoms with Gasteiger partial charge < -0.3 is 14.5 Å². The van der Waals surface area contributed by atoms with Crippen LogP contribution in [0.25, 0.3) is 0 Å². The molecule has 0 aromatic rings. The fourth-order valence-corrected chi connectivity index (χ4v) is 3.54. The fraction of sp³-hybridized carbons (Fsp3) is 0.941. The number of alkyl carbamates (subject to hydrolysis) is 1. The molecule has 6 heteroatoms. The Kier molecular flexibility index (Phi) is 8.83. The highest BCUT2D eigenvalue weighted by Gasteiger charge is 2.38. The number of amides is 1. The van der Waals surface area contributed by atoms with E-state index in [1.807, 2.05) is 20.8 Å². The first kappa shape index (κ1) is 22.9. The maximum atomic E-state index is 12.0. The first-order valence-corrected chi connectivity index (χ1v) is 12.3. The summed E-state index contributed by atoms with van der Waals surface area (Å²) in [5.74, 6) is 0. The minimum absolute atomic E-state index is 0.000353. The highest BCUT2D eigenvalue weighted by molar-refractivity contribution is 9.09. The van der Waals surface area contributed by atoms with Crippen LogP contribution in [0.2, 0.25) is 18.1 Å². The van der Waals surface area contributed by atoms with Crippen LogP contribution in [0.1, 0.15) is 61.3 Å². The zero-order chi connectivity index (χ0) is 18.5. The quantitative estimate of drug-likeness (QED) is 0.448. The average Bonchev–Trinajstić information content (AvgIpc) is 2.31.